The van der Waals surface area contributed by atoms with Crippen molar-refractivity contribution in [1.82, 2.24) is 9.97 Å². The molecule has 160 valence electrons. The first kappa shape index (κ1) is 20.2. The van der Waals surface area contributed by atoms with E-state index in [1.165, 1.54) is 0 Å². The summed E-state index contributed by atoms with van der Waals surface area (Å²) in [4.78, 5) is 22.5. The maximum atomic E-state index is 13.3. The summed E-state index contributed by atoms with van der Waals surface area (Å²) in [7, 11) is 1.67. The van der Waals surface area contributed by atoms with Gasteiger partial charge in [-0.05, 0) is 6.92 Å². The molecule has 0 radical (unpaired) electrons. The quantitative estimate of drug-likeness (QED) is 0.633. The Hall–Kier alpha value is -3.08. The van der Waals surface area contributed by atoms with Crippen LogP contribution in [0.1, 0.15) is 18.5 Å². The van der Waals surface area contributed by atoms with Crippen LogP contribution in [0, 0.1) is 24.4 Å². The summed E-state index contributed by atoms with van der Waals surface area (Å²) in [6.07, 6.45) is 0.781. The monoisotopic (exact) mass is 423 g/mol. The summed E-state index contributed by atoms with van der Waals surface area (Å²) in [5.41, 5.74) is 1.07. The molecule has 1 aliphatic heterocycles. The van der Waals surface area contributed by atoms with Crippen LogP contribution >= 0.6 is 0 Å². The number of rotatable bonds is 5. The lowest BCUT2D eigenvalue weighted by Gasteiger charge is -2.37. The van der Waals surface area contributed by atoms with Gasteiger partial charge in [0.15, 0.2) is 23.3 Å². The summed E-state index contributed by atoms with van der Waals surface area (Å²) in [6, 6.07) is 0.866. The number of aliphatic hydroxyl groups excluding tert-OH is 1. The van der Waals surface area contributed by atoms with E-state index in [0.29, 0.717) is 36.0 Å². The third-order valence-electron chi connectivity index (χ3n) is 5.28. The molecule has 1 saturated carbocycles. The van der Waals surface area contributed by atoms with Gasteiger partial charge in [-0.15, -0.1) is 0 Å². The molecule has 8 nitrogen and oxygen atoms in total. The minimum Gasteiger partial charge on any atom is -0.490 e. The molecule has 1 aromatic carbocycles. The molecule has 3 N–H and O–H groups in total. The maximum Gasteiger partial charge on any atom is 0.249 e. The smallest absolute Gasteiger partial charge is 0.249 e. The fourth-order valence-electron chi connectivity index (χ4n) is 3.51. The van der Waals surface area contributed by atoms with Crippen molar-refractivity contribution in [2.45, 2.75) is 38.0 Å². The molecule has 30 heavy (non-hydrogen) atoms. The highest BCUT2D eigenvalue weighted by Crippen LogP contribution is 2.34. The van der Waals surface area contributed by atoms with Gasteiger partial charge in [0.2, 0.25) is 11.9 Å². The van der Waals surface area contributed by atoms with Crippen molar-refractivity contribution in [3.05, 3.63) is 35.3 Å². The van der Waals surface area contributed by atoms with E-state index in [4.69, 9.17) is 4.74 Å². The lowest BCUT2D eigenvalue weighted by Crippen LogP contribution is -2.49. The summed E-state index contributed by atoms with van der Waals surface area (Å²) in [5, 5.41) is 15.3. The minimum absolute atomic E-state index is 0.0280. The predicted molar refractivity (Wildman–Crippen MR) is 102 cm³/mol. The molecule has 4 rings (SSSR count). The molecule has 1 aromatic heterocycles. The zero-order valence-electron chi connectivity index (χ0n) is 16.2. The van der Waals surface area contributed by atoms with E-state index in [1.54, 1.807) is 18.9 Å². The Bertz CT molecular complexity index is 977. The van der Waals surface area contributed by atoms with E-state index in [2.05, 4.69) is 20.6 Å². The van der Waals surface area contributed by atoms with Gasteiger partial charge in [-0.2, -0.15) is 4.98 Å². The molecule has 1 fully saturated rings. The van der Waals surface area contributed by atoms with Gasteiger partial charge < -0.3 is 25.4 Å². The molecule has 2 aliphatic rings. The molecule has 1 aliphatic carbocycles. The number of aromatic nitrogens is 2. The number of benzene rings is 1. The second-order valence-corrected chi connectivity index (χ2v) is 7.38. The van der Waals surface area contributed by atoms with Crippen molar-refractivity contribution in [2.24, 2.45) is 0 Å². The van der Waals surface area contributed by atoms with Crippen LogP contribution in [-0.4, -0.2) is 52.8 Å². The molecule has 0 unspecified atom stereocenters. The first-order chi connectivity index (χ1) is 14.3. The number of hydrogen-bond donors (Lipinski definition) is 3. The summed E-state index contributed by atoms with van der Waals surface area (Å²) < 4.78 is 45.1. The summed E-state index contributed by atoms with van der Waals surface area (Å²) >= 11 is 0. The van der Waals surface area contributed by atoms with Gasteiger partial charge in [-0.25, -0.2) is 18.2 Å². The maximum absolute atomic E-state index is 13.3. The lowest BCUT2D eigenvalue weighted by atomic mass is 9.89. The van der Waals surface area contributed by atoms with Crippen LogP contribution in [0.5, 0.6) is 5.75 Å². The van der Waals surface area contributed by atoms with Crippen LogP contribution < -0.4 is 20.3 Å². The van der Waals surface area contributed by atoms with Gasteiger partial charge in [-0.3, -0.25) is 4.79 Å². The normalized spacial score (nSPS) is 22.8. The van der Waals surface area contributed by atoms with Crippen LogP contribution in [0.2, 0.25) is 0 Å². The minimum atomic E-state index is -1.53. The Morgan fingerprint density at radius 1 is 1.27 bits per heavy atom. The third kappa shape index (κ3) is 3.60. The number of likely N-dealkylation sites (N-methyl/N-ethyl adjacent to an activating group) is 1. The Kier molecular flexibility index (Phi) is 5.14. The number of carbonyl (C=O) groups is 1. The van der Waals surface area contributed by atoms with E-state index >= 15 is 0 Å². The zero-order valence-corrected chi connectivity index (χ0v) is 16.2. The number of carbonyl (C=O) groups excluding carboxylic acids is 1. The van der Waals surface area contributed by atoms with Gasteiger partial charge in [-0.1, -0.05) is 0 Å². The molecule has 0 bridgehead atoms. The molecule has 1 atom stereocenters. The standard InChI is InChI=1S/C19H20F3N5O3/c1-8-16-17(27(2)14(7-28)18(29)25-16)26-19(23-8)24-9-3-10(4-9)30-11-5-12(20)15(22)13(21)6-11/h5-6,9-10,14,28H,3-4,7H2,1-2H3,(H,25,29)(H,23,24,26)/t9?,10?,14-/m1/s1. The van der Waals surface area contributed by atoms with Crippen molar-refractivity contribution in [3.63, 3.8) is 0 Å². The summed E-state index contributed by atoms with van der Waals surface area (Å²) in [5.74, 6) is -3.67. The summed E-state index contributed by atoms with van der Waals surface area (Å²) in [6.45, 7) is 1.39. The number of fused-ring (bicyclic) bond motifs is 1. The first-order valence-electron chi connectivity index (χ1n) is 9.37. The number of aryl methyl sites for hydroxylation is 1. The second kappa shape index (κ2) is 7.63. The molecular weight excluding hydrogens is 403 g/mol. The number of amides is 1. The Balaban J connectivity index is 1.40. The van der Waals surface area contributed by atoms with Gasteiger partial charge >= 0.3 is 0 Å². The average Bonchev–Trinajstić information content (AvgIpc) is 2.65. The van der Waals surface area contributed by atoms with Crippen molar-refractivity contribution in [2.75, 3.05) is 29.2 Å². The molecular formula is C19H20F3N5O3. The van der Waals surface area contributed by atoms with Crippen LogP contribution in [-0.2, 0) is 4.79 Å². The van der Waals surface area contributed by atoms with Gasteiger partial charge in [0.05, 0.1) is 12.3 Å². The molecule has 2 aromatic rings. The average molecular weight is 423 g/mol. The van der Waals surface area contributed by atoms with Gasteiger partial charge in [0.25, 0.3) is 0 Å². The van der Waals surface area contributed by atoms with Crippen LogP contribution in [0.15, 0.2) is 12.1 Å². The Labute approximate surface area is 170 Å². The van der Waals surface area contributed by atoms with Crippen LogP contribution in [0.25, 0.3) is 0 Å². The molecule has 0 saturated heterocycles. The van der Waals surface area contributed by atoms with Gasteiger partial charge in [0, 0.05) is 38.1 Å². The highest BCUT2D eigenvalue weighted by Gasteiger charge is 2.35. The number of ether oxygens (including phenoxy) is 1. The topological polar surface area (TPSA) is 99.6 Å². The number of aliphatic hydroxyl groups is 1. The van der Waals surface area contributed by atoms with E-state index in [9.17, 15) is 23.1 Å². The lowest BCUT2D eigenvalue weighted by molar-refractivity contribution is -0.118. The molecule has 0 spiro atoms. The third-order valence-corrected chi connectivity index (χ3v) is 5.28. The molecule has 2 heterocycles. The SMILES string of the molecule is Cc1nc(NC2CC(Oc3cc(F)c(F)c(F)c3)C2)nc2c1NC(=O)[C@@H](CO)N2C. The van der Waals surface area contributed by atoms with Crippen molar-refractivity contribution < 1.29 is 27.8 Å². The zero-order chi connectivity index (χ0) is 21.6. The molecule has 1 amide bonds. The largest absolute Gasteiger partial charge is 0.490 e. The van der Waals surface area contributed by atoms with E-state index in [-0.39, 0.29) is 30.4 Å². The van der Waals surface area contributed by atoms with Crippen molar-refractivity contribution >= 4 is 23.4 Å². The van der Waals surface area contributed by atoms with Crippen molar-refractivity contribution in [1.29, 1.82) is 0 Å². The predicted octanol–water partition coefficient (Wildman–Crippen LogP) is 1.97. The molecule has 11 heteroatoms. The second-order valence-electron chi connectivity index (χ2n) is 7.38. The highest BCUT2D eigenvalue weighted by atomic mass is 19.2. The number of anilines is 3. The highest BCUT2D eigenvalue weighted by molar-refractivity contribution is 6.03. The number of halogens is 3. The fourth-order valence-corrected chi connectivity index (χ4v) is 3.51. The van der Waals surface area contributed by atoms with Crippen LogP contribution in [0.4, 0.5) is 30.6 Å². The fraction of sp³-hybridized carbons (Fsp3) is 0.421. The number of nitrogens with zero attached hydrogens (tertiary/aromatic N) is 3. The Morgan fingerprint density at radius 3 is 2.57 bits per heavy atom. The van der Waals surface area contributed by atoms with E-state index < -0.39 is 23.5 Å². The van der Waals surface area contributed by atoms with E-state index in [0.717, 1.165) is 12.1 Å². The van der Waals surface area contributed by atoms with Crippen LogP contribution in [0.3, 0.4) is 0 Å². The number of hydrogen-bond acceptors (Lipinski definition) is 7. The van der Waals surface area contributed by atoms with Gasteiger partial charge in [0.1, 0.15) is 23.6 Å². The first-order valence-corrected chi connectivity index (χ1v) is 9.37. The van der Waals surface area contributed by atoms with Crippen molar-refractivity contribution in [3.8, 4) is 5.75 Å². The van der Waals surface area contributed by atoms with E-state index in [1.807, 2.05) is 0 Å². The number of nitrogens with one attached hydrogen (secondary N) is 2. The Morgan fingerprint density at radius 2 is 1.93 bits per heavy atom.